The predicted octanol–water partition coefficient (Wildman–Crippen LogP) is 3.66. The van der Waals surface area contributed by atoms with Crippen molar-refractivity contribution < 1.29 is 0 Å². The van der Waals surface area contributed by atoms with Gasteiger partial charge in [-0.3, -0.25) is 9.88 Å². The lowest BCUT2D eigenvalue weighted by molar-refractivity contribution is 0.274. The molecule has 1 N–H and O–H groups in total. The van der Waals surface area contributed by atoms with Gasteiger partial charge in [0.2, 0.25) is 0 Å². The molecule has 0 amide bonds. The Bertz CT molecular complexity index is 510. The van der Waals surface area contributed by atoms with Crippen molar-refractivity contribution in [1.82, 2.24) is 15.2 Å². The van der Waals surface area contributed by atoms with Crippen molar-refractivity contribution in [3.05, 3.63) is 52.0 Å². The lowest BCUT2D eigenvalue weighted by Gasteiger charge is -2.19. The van der Waals surface area contributed by atoms with Crippen molar-refractivity contribution in [3.63, 3.8) is 0 Å². The van der Waals surface area contributed by atoms with Gasteiger partial charge in [-0.1, -0.05) is 13.8 Å². The van der Waals surface area contributed by atoms with Gasteiger partial charge in [-0.05, 0) is 49.3 Å². The third-order valence-corrected chi connectivity index (χ3v) is 4.50. The zero-order valence-corrected chi connectivity index (χ0v) is 13.8. The first kappa shape index (κ1) is 16.1. The Hall–Kier alpha value is -1.23. The van der Waals surface area contributed by atoms with Crippen LogP contribution >= 0.6 is 11.3 Å². The van der Waals surface area contributed by atoms with Crippen molar-refractivity contribution in [3.8, 4) is 0 Å². The number of nitrogens with one attached hydrogen (secondary N) is 1. The molecule has 4 heteroatoms. The van der Waals surface area contributed by atoms with Crippen molar-refractivity contribution in [1.29, 1.82) is 0 Å². The Morgan fingerprint density at radius 3 is 2.52 bits per heavy atom. The molecule has 0 atom stereocenters. The highest BCUT2D eigenvalue weighted by Gasteiger charge is 2.07. The molecule has 0 aliphatic rings. The molecule has 0 aliphatic heterocycles. The van der Waals surface area contributed by atoms with Crippen LogP contribution in [0.4, 0.5) is 0 Å². The first-order valence-corrected chi connectivity index (χ1v) is 8.53. The molecule has 0 saturated carbocycles. The van der Waals surface area contributed by atoms with Crippen LogP contribution in [0, 0.1) is 0 Å². The van der Waals surface area contributed by atoms with E-state index in [2.05, 4.69) is 53.3 Å². The fourth-order valence-electron chi connectivity index (χ4n) is 2.24. The molecule has 0 bridgehead atoms. The molecule has 3 nitrogen and oxygen atoms in total. The van der Waals surface area contributed by atoms with E-state index >= 15 is 0 Å². The third-order valence-electron chi connectivity index (χ3n) is 3.43. The number of thiophene rings is 1. The van der Waals surface area contributed by atoms with Gasteiger partial charge in [-0.2, -0.15) is 0 Å². The summed E-state index contributed by atoms with van der Waals surface area (Å²) in [7, 11) is 0. The molecule has 0 fully saturated rings. The average molecular weight is 303 g/mol. The maximum atomic E-state index is 4.08. The number of nitrogens with zero attached hydrogens (tertiary/aromatic N) is 2. The summed E-state index contributed by atoms with van der Waals surface area (Å²) in [5.41, 5.74) is 1.33. The Morgan fingerprint density at radius 1 is 1.05 bits per heavy atom. The van der Waals surface area contributed by atoms with E-state index in [0.29, 0.717) is 0 Å². The molecule has 0 aliphatic carbocycles. The SMILES string of the molecule is CCCNCc1ccc(CN(CC)Cc2ccncc2)s1. The minimum Gasteiger partial charge on any atom is -0.312 e. The summed E-state index contributed by atoms with van der Waals surface area (Å²) in [4.78, 5) is 9.41. The Balaban J connectivity index is 1.86. The summed E-state index contributed by atoms with van der Waals surface area (Å²) >= 11 is 1.92. The number of aromatic nitrogens is 1. The second kappa shape index (κ2) is 8.93. The van der Waals surface area contributed by atoms with Gasteiger partial charge in [-0.15, -0.1) is 11.3 Å². The summed E-state index contributed by atoms with van der Waals surface area (Å²) in [6.45, 7) is 9.58. The Morgan fingerprint density at radius 2 is 1.81 bits per heavy atom. The molecule has 0 spiro atoms. The van der Waals surface area contributed by atoms with Gasteiger partial charge in [-0.25, -0.2) is 0 Å². The van der Waals surface area contributed by atoms with Crippen LogP contribution in [0.25, 0.3) is 0 Å². The van der Waals surface area contributed by atoms with Gasteiger partial charge in [0, 0.05) is 41.8 Å². The van der Waals surface area contributed by atoms with E-state index < -0.39 is 0 Å². The van der Waals surface area contributed by atoms with Crippen LogP contribution in [0.2, 0.25) is 0 Å². The molecule has 114 valence electrons. The Kier molecular flexibility index (Phi) is 6.86. The van der Waals surface area contributed by atoms with E-state index in [0.717, 1.165) is 32.7 Å². The number of pyridine rings is 1. The van der Waals surface area contributed by atoms with Gasteiger partial charge in [0.05, 0.1) is 0 Å². The summed E-state index contributed by atoms with van der Waals surface area (Å²) < 4.78 is 0. The second-order valence-electron chi connectivity index (χ2n) is 5.20. The summed E-state index contributed by atoms with van der Waals surface area (Å²) in [5.74, 6) is 0. The molecule has 21 heavy (non-hydrogen) atoms. The van der Waals surface area contributed by atoms with Crippen LogP contribution in [-0.2, 0) is 19.6 Å². The summed E-state index contributed by atoms with van der Waals surface area (Å²) in [5, 5.41) is 3.46. The molecular formula is C17H25N3S. The first-order chi connectivity index (χ1) is 10.3. The second-order valence-corrected chi connectivity index (χ2v) is 6.46. The van der Waals surface area contributed by atoms with E-state index in [4.69, 9.17) is 0 Å². The topological polar surface area (TPSA) is 28.2 Å². The quantitative estimate of drug-likeness (QED) is 0.717. The fraction of sp³-hybridized carbons (Fsp3) is 0.471. The van der Waals surface area contributed by atoms with Crippen molar-refractivity contribution in [2.45, 2.75) is 39.9 Å². The minimum atomic E-state index is 0.986. The van der Waals surface area contributed by atoms with Gasteiger partial charge >= 0.3 is 0 Å². The van der Waals surface area contributed by atoms with Crippen LogP contribution in [0.3, 0.4) is 0 Å². The zero-order valence-electron chi connectivity index (χ0n) is 13.0. The van der Waals surface area contributed by atoms with Crippen molar-refractivity contribution >= 4 is 11.3 Å². The number of hydrogen-bond acceptors (Lipinski definition) is 4. The van der Waals surface area contributed by atoms with E-state index in [1.54, 1.807) is 0 Å². The molecule has 0 radical (unpaired) electrons. The van der Waals surface area contributed by atoms with Crippen LogP contribution < -0.4 is 5.32 Å². The molecule has 2 heterocycles. The monoisotopic (exact) mass is 303 g/mol. The van der Waals surface area contributed by atoms with Crippen LogP contribution in [0.15, 0.2) is 36.7 Å². The summed E-state index contributed by atoms with van der Waals surface area (Å²) in [6, 6.07) is 8.71. The van der Waals surface area contributed by atoms with Crippen LogP contribution in [0.5, 0.6) is 0 Å². The molecule has 0 unspecified atom stereocenters. The summed E-state index contributed by atoms with van der Waals surface area (Å²) in [6.07, 6.45) is 4.92. The highest BCUT2D eigenvalue weighted by Crippen LogP contribution is 2.19. The highest BCUT2D eigenvalue weighted by molar-refractivity contribution is 7.11. The number of hydrogen-bond donors (Lipinski definition) is 1. The predicted molar refractivity (Wildman–Crippen MR) is 90.3 cm³/mol. The average Bonchev–Trinajstić information content (AvgIpc) is 2.95. The lowest BCUT2D eigenvalue weighted by Crippen LogP contribution is -2.21. The van der Waals surface area contributed by atoms with Gasteiger partial charge < -0.3 is 5.32 Å². The largest absolute Gasteiger partial charge is 0.312 e. The van der Waals surface area contributed by atoms with Crippen molar-refractivity contribution in [2.24, 2.45) is 0 Å². The third kappa shape index (κ3) is 5.58. The van der Waals surface area contributed by atoms with E-state index in [1.165, 1.54) is 21.7 Å². The molecule has 2 aromatic rings. The minimum absolute atomic E-state index is 0.986. The highest BCUT2D eigenvalue weighted by atomic mass is 32.1. The molecule has 0 aromatic carbocycles. The standard InChI is InChI=1S/C17H25N3S/c1-3-9-19-12-16-5-6-17(21-16)14-20(4-2)13-15-7-10-18-11-8-15/h5-8,10-11,19H,3-4,9,12-14H2,1-2H3. The zero-order chi connectivity index (χ0) is 14.9. The van der Waals surface area contributed by atoms with Crippen LogP contribution in [0.1, 0.15) is 35.6 Å². The van der Waals surface area contributed by atoms with E-state index in [9.17, 15) is 0 Å². The maximum absolute atomic E-state index is 4.08. The Labute approximate surface area is 132 Å². The molecular weight excluding hydrogens is 278 g/mol. The maximum Gasteiger partial charge on any atom is 0.0331 e. The first-order valence-electron chi connectivity index (χ1n) is 7.71. The number of rotatable bonds is 9. The lowest BCUT2D eigenvalue weighted by atomic mass is 10.2. The van der Waals surface area contributed by atoms with Crippen LogP contribution in [-0.4, -0.2) is 23.0 Å². The van der Waals surface area contributed by atoms with E-state index in [-0.39, 0.29) is 0 Å². The normalized spacial score (nSPS) is 11.2. The van der Waals surface area contributed by atoms with Gasteiger partial charge in [0.25, 0.3) is 0 Å². The molecule has 0 saturated heterocycles. The van der Waals surface area contributed by atoms with Crippen molar-refractivity contribution in [2.75, 3.05) is 13.1 Å². The van der Waals surface area contributed by atoms with E-state index in [1.807, 2.05) is 23.7 Å². The van der Waals surface area contributed by atoms with Gasteiger partial charge in [0.1, 0.15) is 0 Å². The van der Waals surface area contributed by atoms with Gasteiger partial charge in [0.15, 0.2) is 0 Å². The fourth-order valence-corrected chi connectivity index (χ4v) is 3.27. The smallest absolute Gasteiger partial charge is 0.0331 e. The molecule has 2 aromatic heterocycles. The molecule has 2 rings (SSSR count).